The van der Waals surface area contributed by atoms with Crippen LogP contribution in [-0.2, 0) is 4.74 Å². The number of ether oxygens (including phenoxy) is 1. The Morgan fingerprint density at radius 1 is 1.19 bits per heavy atom. The van der Waals surface area contributed by atoms with Crippen LogP contribution < -0.4 is 5.73 Å². The van der Waals surface area contributed by atoms with Crippen molar-refractivity contribution in [2.45, 2.75) is 38.2 Å². The molecular formula is C13H26N2O. The maximum atomic E-state index is 5.65. The molecule has 2 aliphatic carbocycles. The smallest absolute Gasteiger partial charge is 0.0705 e. The van der Waals surface area contributed by atoms with Gasteiger partial charge in [-0.2, -0.15) is 0 Å². The fourth-order valence-electron chi connectivity index (χ4n) is 2.25. The van der Waals surface area contributed by atoms with Gasteiger partial charge in [-0.1, -0.05) is 0 Å². The summed E-state index contributed by atoms with van der Waals surface area (Å²) in [6.07, 6.45) is 7.14. The number of nitrogens with zero attached hydrogens (tertiary/aromatic N) is 1. The second kappa shape index (κ2) is 5.99. The van der Waals surface area contributed by atoms with Gasteiger partial charge in [0, 0.05) is 33.3 Å². The highest BCUT2D eigenvalue weighted by Gasteiger charge is 2.29. The second-order valence-corrected chi connectivity index (χ2v) is 5.53. The first-order valence-electron chi connectivity index (χ1n) is 6.77. The number of methoxy groups -OCH3 is 1. The Bertz CT molecular complexity index is 184. The number of hydrogen-bond donors (Lipinski definition) is 1. The molecule has 2 aliphatic rings. The quantitative estimate of drug-likeness (QED) is 0.647. The van der Waals surface area contributed by atoms with Gasteiger partial charge in [0.2, 0.25) is 0 Å². The van der Waals surface area contributed by atoms with Crippen LogP contribution >= 0.6 is 0 Å². The van der Waals surface area contributed by atoms with Crippen molar-refractivity contribution in [2.75, 3.05) is 33.3 Å². The molecule has 2 fully saturated rings. The first kappa shape index (κ1) is 12.3. The van der Waals surface area contributed by atoms with E-state index in [1.54, 1.807) is 7.11 Å². The predicted octanol–water partition coefficient (Wildman–Crippen LogP) is 1.47. The molecule has 0 amide bonds. The zero-order valence-corrected chi connectivity index (χ0v) is 10.5. The van der Waals surface area contributed by atoms with E-state index in [-0.39, 0.29) is 6.10 Å². The standard InChI is InChI=1S/C13H26N2O/c1-16-13(8-14)6-7-15(9-11-2-3-11)10-12-4-5-12/h11-13H,2-10,14H2,1H3. The number of rotatable bonds is 9. The van der Waals surface area contributed by atoms with Crippen molar-refractivity contribution in [3.63, 3.8) is 0 Å². The molecule has 3 heteroatoms. The summed E-state index contributed by atoms with van der Waals surface area (Å²) in [4.78, 5) is 2.65. The summed E-state index contributed by atoms with van der Waals surface area (Å²) in [5.74, 6) is 2.00. The Morgan fingerprint density at radius 3 is 2.12 bits per heavy atom. The van der Waals surface area contributed by atoms with Crippen molar-refractivity contribution in [1.29, 1.82) is 0 Å². The van der Waals surface area contributed by atoms with E-state index in [4.69, 9.17) is 10.5 Å². The van der Waals surface area contributed by atoms with Crippen molar-refractivity contribution in [2.24, 2.45) is 17.6 Å². The van der Waals surface area contributed by atoms with Gasteiger partial charge in [0.15, 0.2) is 0 Å². The van der Waals surface area contributed by atoms with E-state index in [1.165, 1.54) is 45.3 Å². The summed E-state index contributed by atoms with van der Waals surface area (Å²) in [5, 5.41) is 0. The third-order valence-corrected chi connectivity index (χ3v) is 3.79. The van der Waals surface area contributed by atoms with Crippen molar-refractivity contribution in [1.82, 2.24) is 4.90 Å². The fraction of sp³-hybridized carbons (Fsp3) is 1.00. The third-order valence-electron chi connectivity index (χ3n) is 3.79. The summed E-state index contributed by atoms with van der Waals surface area (Å²) >= 11 is 0. The van der Waals surface area contributed by atoms with Crippen LogP contribution in [0.3, 0.4) is 0 Å². The maximum absolute atomic E-state index is 5.65. The molecule has 1 atom stereocenters. The molecule has 2 saturated carbocycles. The van der Waals surface area contributed by atoms with Crippen molar-refractivity contribution in [3.8, 4) is 0 Å². The minimum Gasteiger partial charge on any atom is -0.380 e. The van der Waals surface area contributed by atoms with Crippen molar-refractivity contribution in [3.05, 3.63) is 0 Å². The van der Waals surface area contributed by atoms with E-state index in [0.29, 0.717) is 6.54 Å². The van der Waals surface area contributed by atoms with Gasteiger partial charge in [-0.25, -0.2) is 0 Å². The first-order valence-corrected chi connectivity index (χ1v) is 6.77. The minimum absolute atomic E-state index is 0.251. The minimum atomic E-state index is 0.251. The lowest BCUT2D eigenvalue weighted by atomic mass is 10.2. The van der Waals surface area contributed by atoms with E-state index in [2.05, 4.69) is 4.90 Å². The number of nitrogens with two attached hydrogens (primary N) is 1. The molecule has 0 heterocycles. The van der Waals surface area contributed by atoms with Crippen molar-refractivity contribution < 1.29 is 4.74 Å². The van der Waals surface area contributed by atoms with Gasteiger partial charge < -0.3 is 15.4 Å². The van der Waals surface area contributed by atoms with Gasteiger partial charge in [0.05, 0.1) is 6.10 Å². The molecule has 2 rings (SSSR count). The zero-order chi connectivity index (χ0) is 11.4. The Kier molecular flexibility index (Phi) is 4.62. The SMILES string of the molecule is COC(CN)CCN(CC1CC1)CC1CC1. The van der Waals surface area contributed by atoms with Gasteiger partial charge in [-0.3, -0.25) is 0 Å². The van der Waals surface area contributed by atoms with E-state index in [1.807, 2.05) is 0 Å². The molecule has 3 nitrogen and oxygen atoms in total. The lowest BCUT2D eigenvalue weighted by Crippen LogP contribution is -2.33. The van der Waals surface area contributed by atoms with Crippen LogP contribution in [0.2, 0.25) is 0 Å². The van der Waals surface area contributed by atoms with Crippen LogP contribution in [0.5, 0.6) is 0 Å². The van der Waals surface area contributed by atoms with Crippen LogP contribution in [0.1, 0.15) is 32.1 Å². The summed E-state index contributed by atoms with van der Waals surface area (Å²) in [6, 6.07) is 0. The lowest BCUT2D eigenvalue weighted by Gasteiger charge is -2.24. The van der Waals surface area contributed by atoms with Gasteiger partial charge in [0.25, 0.3) is 0 Å². The molecule has 1 unspecified atom stereocenters. The largest absolute Gasteiger partial charge is 0.380 e. The highest BCUT2D eigenvalue weighted by Crippen LogP contribution is 2.33. The topological polar surface area (TPSA) is 38.5 Å². The summed E-state index contributed by atoms with van der Waals surface area (Å²) in [6.45, 7) is 4.45. The molecule has 0 saturated heterocycles. The van der Waals surface area contributed by atoms with Crippen LogP contribution in [0.15, 0.2) is 0 Å². The van der Waals surface area contributed by atoms with E-state index in [0.717, 1.165) is 18.3 Å². The molecular weight excluding hydrogens is 200 g/mol. The number of hydrogen-bond acceptors (Lipinski definition) is 3. The highest BCUT2D eigenvalue weighted by molar-refractivity contribution is 4.82. The average Bonchev–Trinajstić information content (AvgIpc) is 3.14. The van der Waals surface area contributed by atoms with Gasteiger partial charge in [-0.05, 0) is 43.9 Å². The van der Waals surface area contributed by atoms with E-state index in [9.17, 15) is 0 Å². The van der Waals surface area contributed by atoms with E-state index >= 15 is 0 Å². The highest BCUT2D eigenvalue weighted by atomic mass is 16.5. The fourth-order valence-corrected chi connectivity index (χ4v) is 2.25. The lowest BCUT2D eigenvalue weighted by molar-refractivity contribution is 0.0878. The maximum Gasteiger partial charge on any atom is 0.0705 e. The first-order chi connectivity index (χ1) is 7.81. The molecule has 0 radical (unpaired) electrons. The molecule has 2 N–H and O–H groups in total. The summed E-state index contributed by atoms with van der Waals surface area (Å²) in [7, 11) is 1.77. The molecule has 0 aliphatic heterocycles. The molecule has 94 valence electrons. The Hall–Kier alpha value is -0.120. The zero-order valence-electron chi connectivity index (χ0n) is 10.5. The average molecular weight is 226 g/mol. The molecule has 0 aromatic rings. The summed E-state index contributed by atoms with van der Waals surface area (Å²) < 4.78 is 5.34. The second-order valence-electron chi connectivity index (χ2n) is 5.53. The van der Waals surface area contributed by atoms with Crippen LogP contribution in [0.25, 0.3) is 0 Å². The van der Waals surface area contributed by atoms with E-state index < -0.39 is 0 Å². The molecule has 16 heavy (non-hydrogen) atoms. The normalized spacial score (nSPS) is 22.7. The predicted molar refractivity (Wildman–Crippen MR) is 66.4 cm³/mol. The van der Waals surface area contributed by atoms with Crippen molar-refractivity contribution >= 4 is 0 Å². The summed E-state index contributed by atoms with van der Waals surface area (Å²) in [5.41, 5.74) is 5.65. The van der Waals surface area contributed by atoms with Crippen LogP contribution in [-0.4, -0.2) is 44.3 Å². The monoisotopic (exact) mass is 226 g/mol. The molecule has 0 aromatic carbocycles. The molecule has 0 spiro atoms. The van der Waals surface area contributed by atoms with Crippen LogP contribution in [0, 0.1) is 11.8 Å². The Morgan fingerprint density at radius 2 is 1.75 bits per heavy atom. The Balaban J connectivity index is 1.66. The molecule has 0 aromatic heterocycles. The molecule has 0 bridgehead atoms. The van der Waals surface area contributed by atoms with Gasteiger partial charge >= 0.3 is 0 Å². The van der Waals surface area contributed by atoms with Gasteiger partial charge in [-0.15, -0.1) is 0 Å². The van der Waals surface area contributed by atoms with Gasteiger partial charge in [0.1, 0.15) is 0 Å². The third kappa shape index (κ3) is 4.40. The van der Waals surface area contributed by atoms with Crippen LogP contribution in [0.4, 0.5) is 0 Å². The Labute approximate surface area is 99.3 Å².